The van der Waals surface area contributed by atoms with Crippen LogP contribution in [0.1, 0.15) is 52.4 Å². The molecule has 2 unspecified atom stereocenters. The topological polar surface area (TPSA) is 55.1 Å². The van der Waals surface area contributed by atoms with E-state index in [0.717, 1.165) is 6.42 Å². The van der Waals surface area contributed by atoms with Crippen molar-refractivity contribution in [2.75, 3.05) is 0 Å². The molecule has 0 aromatic carbocycles. The molecule has 0 saturated heterocycles. The van der Waals surface area contributed by atoms with Crippen LogP contribution in [0.25, 0.3) is 0 Å². The van der Waals surface area contributed by atoms with E-state index >= 15 is 0 Å². The van der Waals surface area contributed by atoms with Crippen molar-refractivity contribution in [2.45, 2.75) is 64.5 Å². The number of carbonyl (C=O) groups is 1. The van der Waals surface area contributed by atoms with Crippen LogP contribution < -0.4 is 11.1 Å². The van der Waals surface area contributed by atoms with Gasteiger partial charge in [-0.2, -0.15) is 0 Å². The Kier molecular flexibility index (Phi) is 5.09. The maximum Gasteiger partial charge on any atom is 0.221 e. The van der Waals surface area contributed by atoms with Gasteiger partial charge in [0.2, 0.25) is 5.91 Å². The SMILES string of the molecule is CCC(N)CC(=O)NC(C)C1CCCC1. The maximum absolute atomic E-state index is 11.6. The first-order chi connectivity index (χ1) is 7.13. The minimum atomic E-state index is 0.0146. The van der Waals surface area contributed by atoms with Gasteiger partial charge < -0.3 is 11.1 Å². The molecule has 3 N–H and O–H groups in total. The van der Waals surface area contributed by atoms with Crippen LogP contribution in [-0.2, 0) is 4.79 Å². The predicted octanol–water partition coefficient (Wildman–Crippen LogP) is 1.81. The first-order valence-corrected chi connectivity index (χ1v) is 6.18. The normalized spacial score (nSPS) is 21.3. The number of nitrogens with two attached hydrogens (primary N) is 1. The summed E-state index contributed by atoms with van der Waals surface area (Å²) >= 11 is 0. The fourth-order valence-corrected chi connectivity index (χ4v) is 2.27. The van der Waals surface area contributed by atoms with E-state index in [4.69, 9.17) is 5.73 Å². The lowest BCUT2D eigenvalue weighted by Crippen LogP contribution is -2.39. The summed E-state index contributed by atoms with van der Waals surface area (Å²) in [5.41, 5.74) is 5.74. The first-order valence-electron chi connectivity index (χ1n) is 6.18. The second-order valence-electron chi connectivity index (χ2n) is 4.77. The Labute approximate surface area is 92.8 Å². The van der Waals surface area contributed by atoms with Crippen molar-refractivity contribution in [2.24, 2.45) is 11.7 Å². The van der Waals surface area contributed by atoms with Gasteiger partial charge in [0.05, 0.1) is 0 Å². The molecule has 1 saturated carbocycles. The zero-order chi connectivity index (χ0) is 11.3. The van der Waals surface area contributed by atoms with Crippen molar-refractivity contribution < 1.29 is 4.79 Å². The second kappa shape index (κ2) is 6.11. The van der Waals surface area contributed by atoms with E-state index in [9.17, 15) is 4.79 Å². The fourth-order valence-electron chi connectivity index (χ4n) is 2.27. The molecule has 0 spiro atoms. The van der Waals surface area contributed by atoms with E-state index < -0.39 is 0 Å². The maximum atomic E-state index is 11.6. The molecule has 1 fully saturated rings. The third kappa shape index (κ3) is 4.20. The van der Waals surface area contributed by atoms with Gasteiger partial charge in [0.25, 0.3) is 0 Å². The van der Waals surface area contributed by atoms with E-state index in [1.807, 2.05) is 6.92 Å². The number of nitrogens with one attached hydrogen (secondary N) is 1. The first kappa shape index (κ1) is 12.5. The summed E-state index contributed by atoms with van der Waals surface area (Å²) in [5.74, 6) is 0.801. The van der Waals surface area contributed by atoms with Crippen LogP contribution in [0, 0.1) is 5.92 Å². The van der Waals surface area contributed by atoms with Crippen LogP contribution in [0.15, 0.2) is 0 Å². The minimum Gasteiger partial charge on any atom is -0.353 e. The Hall–Kier alpha value is -0.570. The molecule has 3 heteroatoms. The van der Waals surface area contributed by atoms with Crippen molar-refractivity contribution in [3.8, 4) is 0 Å². The largest absolute Gasteiger partial charge is 0.353 e. The van der Waals surface area contributed by atoms with Gasteiger partial charge in [-0.1, -0.05) is 19.8 Å². The molecule has 2 atom stereocenters. The predicted molar refractivity (Wildman–Crippen MR) is 62.4 cm³/mol. The number of amides is 1. The second-order valence-corrected chi connectivity index (χ2v) is 4.77. The van der Waals surface area contributed by atoms with E-state index in [0.29, 0.717) is 18.4 Å². The van der Waals surface area contributed by atoms with Crippen LogP contribution in [-0.4, -0.2) is 18.0 Å². The summed E-state index contributed by atoms with van der Waals surface area (Å²) < 4.78 is 0. The van der Waals surface area contributed by atoms with Crippen molar-refractivity contribution >= 4 is 5.91 Å². The third-order valence-corrected chi connectivity index (χ3v) is 3.47. The highest BCUT2D eigenvalue weighted by Gasteiger charge is 2.22. The molecule has 1 amide bonds. The Bertz CT molecular complexity index is 200. The molecular weight excluding hydrogens is 188 g/mol. The van der Waals surface area contributed by atoms with Gasteiger partial charge >= 0.3 is 0 Å². The molecule has 1 aliphatic carbocycles. The quantitative estimate of drug-likeness (QED) is 0.730. The average Bonchev–Trinajstić information content (AvgIpc) is 2.70. The van der Waals surface area contributed by atoms with Gasteiger partial charge in [-0.15, -0.1) is 0 Å². The van der Waals surface area contributed by atoms with Crippen LogP contribution in [0.4, 0.5) is 0 Å². The molecule has 0 aromatic heterocycles. The van der Waals surface area contributed by atoms with Crippen LogP contribution in [0.3, 0.4) is 0 Å². The van der Waals surface area contributed by atoms with Gasteiger partial charge in [0.15, 0.2) is 0 Å². The van der Waals surface area contributed by atoms with Gasteiger partial charge in [-0.3, -0.25) is 4.79 Å². The van der Waals surface area contributed by atoms with E-state index in [-0.39, 0.29) is 11.9 Å². The van der Waals surface area contributed by atoms with Crippen LogP contribution >= 0.6 is 0 Å². The summed E-state index contributed by atoms with van der Waals surface area (Å²) in [6.45, 7) is 4.13. The fraction of sp³-hybridized carbons (Fsp3) is 0.917. The monoisotopic (exact) mass is 212 g/mol. The molecular formula is C12H24N2O. The average molecular weight is 212 g/mol. The Morgan fingerprint density at radius 1 is 1.47 bits per heavy atom. The summed E-state index contributed by atoms with van der Waals surface area (Å²) in [5, 5.41) is 3.07. The van der Waals surface area contributed by atoms with E-state index in [2.05, 4.69) is 12.2 Å². The van der Waals surface area contributed by atoms with Gasteiger partial charge in [-0.05, 0) is 32.1 Å². The molecule has 88 valence electrons. The van der Waals surface area contributed by atoms with E-state index in [1.165, 1.54) is 25.7 Å². The highest BCUT2D eigenvalue weighted by atomic mass is 16.1. The van der Waals surface area contributed by atoms with Crippen LogP contribution in [0.5, 0.6) is 0 Å². The Morgan fingerprint density at radius 3 is 2.60 bits per heavy atom. The van der Waals surface area contributed by atoms with Crippen molar-refractivity contribution in [3.63, 3.8) is 0 Å². The highest BCUT2D eigenvalue weighted by molar-refractivity contribution is 5.76. The Morgan fingerprint density at radius 2 is 2.07 bits per heavy atom. The van der Waals surface area contributed by atoms with Gasteiger partial charge in [-0.25, -0.2) is 0 Å². The molecule has 0 aromatic rings. The van der Waals surface area contributed by atoms with Gasteiger partial charge in [0.1, 0.15) is 0 Å². The molecule has 1 aliphatic rings. The molecule has 15 heavy (non-hydrogen) atoms. The number of rotatable bonds is 5. The van der Waals surface area contributed by atoms with Crippen molar-refractivity contribution in [3.05, 3.63) is 0 Å². The summed E-state index contributed by atoms with van der Waals surface area (Å²) in [4.78, 5) is 11.6. The summed E-state index contributed by atoms with van der Waals surface area (Å²) in [7, 11) is 0. The number of hydrogen-bond donors (Lipinski definition) is 2. The zero-order valence-corrected chi connectivity index (χ0v) is 9.96. The molecule has 0 aliphatic heterocycles. The minimum absolute atomic E-state index is 0.0146. The molecule has 0 bridgehead atoms. The van der Waals surface area contributed by atoms with E-state index in [1.54, 1.807) is 0 Å². The lowest BCUT2D eigenvalue weighted by Gasteiger charge is -2.21. The van der Waals surface area contributed by atoms with Gasteiger partial charge in [0, 0.05) is 18.5 Å². The lowest BCUT2D eigenvalue weighted by atomic mass is 9.99. The molecule has 1 rings (SSSR count). The van der Waals surface area contributed by atoms with Crippen molar-refractivity contribution in [1.29, 1.82) is 0 Å². The third-order valence-electron chi connectivity index (χ3n) is 3.47. The number of carbonyl (C=O) groups excluding carboxylic acids is 1. The summed E-state index contributed by atoms with van der Waals surface area (Å²) in [6.07, 6.45) is 6.50. The summed E-state index contributed by atoms with van der Waals surface area (Å²) in [6, 6.07) is 0.338. The van der Waals surface area contributed by atoms with Crippen molar-refractivity contribution in [1.82, 2.24) is 5.32 Å². The standard InChI is InChI=1S/C12H24N2O/c1-3-11(13)8-12(15)14-9(2)10-6-4-5-7-10/h9-11H,3-8,13H2,1-2H3,(H,14,15). The number of hydrogen-bond acceptors (Lipinski definition) is 2. The molecule has 3 nitrogen and oxygen atoms in total. The smallest absolute Gasteiger partial charge is 0.221 e. The lowest BCUT2D eigenvalue weighted by molar-refractivity contribution is -0.122. The molecule has 0 heterocycles. The zero-order valence-electron chi connectivity index (χ0n) is 9.96. The molecule has 0 radical (unpaired) electrons. The highest BCUT2D eigenvalue weighted by Crippen LogP contribution is 2.27. The Balaban J connectivity index is 2.24. The van der Waals surface area contributed by atoms with Crippen LogP contribution in [0.2, 0.25) is 0 Å².